The van der Waals surface area contributed by atoms with E-state index in [1.165, 1.54) is 0 Å². The summed E-state index contributed by atoms with van der Waals surface area (Å²) in [6, 6.07) is -0.0622. The van der Waals surface area contributed by atoms with E-state index >= 15 is 0 Å². The Morgan fingerprint density at radius 1 is 1.07 bits per heavy atom. The zero-order valence-electron chi connectivity index (χ0n) is 16.3. The number of carbonyl (C=O) groups excluding carboxylic acids is 2. The van der Waals surface area contributed by atoms with Crippen molar-refractivity contribution in [1.82, 2.24) is 25.0 Å². The van der Waals surface area contributed by atoms with Crippen molar-refractivity contribution < 1.29 is 19.1 Å². The summed E-state index contributed by atoms with van der Waals surface area (Å²) < 4.78 is 12.9. The monoisotopic (exact) mass is 391 g/mol. The second-order valence-electron chi connectivity index (χ2n) is 7.74. The average molecular weight is 391 g/mol. The molecule has 1 aromatic rings. The molecule has 1 N–H and O–H groups in total. The zero-order chi connectivity index (χ0) is 19.3. The van der Waals surface area contributed by atoms with Gasteiger partial charge in [0.25, 0.3) is 5.91 Å². The Kier molecular flexibility index (Phi) is 6.21. The number of rotatable bonds is 5. The minimum Gasteiger partial charge on any atom is -0.381 e. The van der Waals surface area contributed by atoms with Crippen molar-refractivity contribution in [1.29, 1.82) is 0 Å². The van der Waals surface area contributed by atoms with Crippen molar-refractivity contribution in [3.63, 3.8) is 0 Å². The molecule has 2 fully saturated rings. The summed E-state index contributed by atoms with van der Waals surface area (Å²) in [6.07, 6.45) is 5.25. The maximum atomic E-state index is 13.1. The summed E-state index contributed by atoms with van der Waals surface area (Å²) in [5.74, 6) is 1.39. The molecule has 4 rings (SSSR count). The molecule has 28 heavy (non-hydrogen) atoms. The lowest BCUT2D eigenvalue weighted by atomic mass is 9.99. The quantitative estimate of drug-likeness (QED) is 0.780. The molecule has 0 aromatic carbocycles. The molecule has 3 aliphatic rings. The van der Waals surface area contributed by atoms with Crippen molar-refractivity contribution in [2.45, 2.75) is 51.1 Å². The fourth-order valence-corrected chi connectivity index (χ4v) is 4.22. The second-order valence-corrected chi connectivity index (χ2v) is 7.74. The molecule has 154 valence electrons. The topological polar surface area (TPSA) is 98.6 Å². The third kappa shape index (κ3) is 4.20. The number of fused-ring (bicyclic) bond motifs is 1. The minimum absolute atomic E-state index is 0.0385. The van der Waals surface area contributed by atoms with Gasteiger partial charge in [-0.25, -0.2) is 0 Å². The van der Waals surface area contributed by atoms with Crippen LogP contribution in [0.3, 0.4) is 0 Å². The summed E-state index contributed by atoms with van der Waals surface area (Å²) in [4.78, 5) is 27.3. The van der Waals surface area contributed by atoms with E-state index in [9.17, 15) is 9.59 Å². The van der Waals surface area contributed by atoms with Gasteiger partial charge in [0.1, 0.15) is 5.82 Å². The second kappa shape index (κ2) is 9.00. The molecule has 1 atom stereocenters. The largest absolute Gasteiger partial charge is 0.381 e. The minimum atomic E-state index is -0.0790. The molecule has 3 aliphatic heterocycles. The van der Waals surface area contributed by atoms with E-state index in [1.54, 1.807) is 0 Å². The first-order valence-corrected chi connectivity index (χ1v) is 10.4. The Bertz CT molecular complexity index is 700. The lowest BCUT2D eigenvalue weighted by molar-refractivity contribution is -0.127. The Hall–Kier alpha value is -2.00. The fourth-order valence-electron chi connectivity index (χ4n) is 4.22. The number of ether oxygens (including phenoxy) is 2. The van der Waals surface area contributed by atoms with Crippen LogP contribution in [0.15, 0.2) is 0 Å². The molecule has 4 heterocycles. The number of aromatic nitrogens is 3. The Labute approximate surface area is 164 Å². The van der Waals surface area contributed by atoms with Crippen LogP contribution in [0.4, 0.5) is 0 Å². The lowest BCUT2D eigenvalue weighted by Crippen LogP contribution is -2.50. The van der Waals surface area contributed by atoms with Crippen LogP contribution in [-0.4, -0.2) is 77.0 Å². The van der Waals surface area contributed by atoms with E-state index in [2.05, 4.69) is 15.5 Å². The molecule has 9 nitrogen and oxygen atoms in total. The Morgan fingerprint density at radius 2 is 1.93 bits per heavy atom. The predicted molar refractivity (Wildman–Crippen MR) is 99.8 cm³/mol. The molecule has 0 spiro atoms. The predicted octanol–water partition coefficient (Wildman–Crippen LogP) is 0.388. The molecule has 0 aliphatic carbocycles. The summed E-state index contributed by atoms with van der Waals surface area (Å²) in [5.41, 5.74) is 0. The molecule has 2 saturated heterocycles. The van der Waals surface area contributed by atoms with Crippen molar-refractivity contribution in [3.05, 3.63) is 11.6 Å². The van der Waals surface area contributed by atoms with Gasteiger partial charge in [0.05, 0.1) is 19.3 Å². The van der Waals surface area contributed by atoms with Gasteiger partial charge in [-0.05, 0) is 32.1 Å². The molecule has 9 heteroatoms. The average Bonchev–Trinajstić information content (AvgIpc) is 3.18. The van der Waals surface area contributed by atoms with E-state index < -0.39 is 0 Å². The first-order chi connectivity index (χ1) is 13.7. The van der Waals surface area contributed by atoms with Gasteiger partial charge >= 0.3 is 0 Å². The molecule has 1 aromatic heterocycles. The van der Waals surface area contributed by atoms with Crippen molar-refractivity contribution >= 4 is 11.8 Å². The smallest absolute Gasteiger partial charge is 0.292 e. The lowest BCUT2D eigenvalue weighted by Gasteiger charge is -2.35. The highest BCUT2D eigenvalue weighted by Gasteiger charge is 2.32. The van der Waals surface area contributed by atoms with Crippen LogP contribution in [0.2, 0.25) is 0 Å². The molecule has 0 radical (unpaired) electrons. The number of nitrogens with one attached hydrogen (secondary N) is 1. The molecule has 1 unspecified atom stereocenters. The van der Waals surface area contributed by atoms with Gasteiger partial charge in [-0.2, -0.15) is 0 Å². The standard InChI is InChI=1S/C19H29N5O4/c25-18(14-5-10-27-11-6-14)20-7-4-15-13-28-12-9-23(15)19(26)17-22-21-16-3-1-2-8-24(16)17/h14-15H,1-13H2,(H,20,25). The number of amides is 2. The van der Waals surface area contributed by atoms with E-state index in [4.69, 9.17) is 9.47 Å². The van der Waals surface area contributed by atoms with E-state index in [-0.39, 0.29) is 23.8 Å². The third-order valence-corrected chi connectivity index (χ3v) is 5.91. The van der Waals surface area contributed by atoms with Gasteiger partial charge in [0.15, 0.2) is 0 Å². The van der Waals surface area contributed by atoms with Gasteiger partial charge < -0.3 is 24.3 Å². The first-order valence-electron chi connectivity index (χ1n) is 10.4. The van der Waals surface area contributed by atoms with Crippen LogP contribution < -0.4 is 5.32 Å². The number of aryl methyl sites for hydroxylation is 1. The Balaban J connectivity index is 1.34. The zero-order valence-corrected chi connectivity index (χ0v) is 16.3. The maximum absolute atomic E-state index is 13.1. The van der Waals surface area contributed by atoms with E-state index in [0.717, 1.165) is 44.5 Å². The van der Waals surface area contributed by atoms with Gasteiger partial charge in [0.2, 0.25) is 11.7 Å². The normalized spacial score (nSPS) is 23.3. The Morgan fingerprint density at radius 3 is 2.79 bits per heavy atom. The van der Waals surface area contributed by atoms with Crippen LogP contribution in [0.5, 0.6) is 0 Å². The van der Waals surface area contributed by atoms with Crippen molar-refractivity contribution in [2.75, 3.05) is 39.5 Å². The molecule has 0 saturated carbocycles. The highest BCUT2D eigenvalue weighted by atomic mass is 16.5. The molecule has 0 bridgehead atoms. The van der Waals surface area contributed by atoms with Crippen LogP contribution in [-0.2, 0) is 27.2 Å². The van der Waals surface area contributed by atoms with Crippen LogP contribution in [0.1, 0.15) is 48.5 Å². The van der Waals surface area contributed by atoms with Gasteiger partial charge in [0, 0.05) is 45.2 Å². The highest BCUT2D eigenvalue weighted by molar-refractivity contribution is 5.91. The highest BCUT2D eigenvalue weighted by Crippen LogP contribution is 2.19. The van der Waals surface area contributed by atoms with Crippen LogP contribution in [0, 0.1) is 5.92 Å². The summed E-state index contributed by atoms with van der Waals surface area (Å²) in [6.45, 7) is 4.20. The molecular weight excluding hydrogens is 362 g/mol. The fraction of sp³-hybridized carbons (Fsp3) is 0.789. The van der Waals surface area contributed by atoms with Crippen molar-refractivity contribution in [3.8, 4) is 0 Å². The van der Waals surface area contributed by atoms with Gasteiger partial charge in [-0.15, -0.1) is 10.2 Å². The van der Waals surface area contributed by atoms with E-state index in [0.29, 0.717) is 51.8 Å². The third-order valence-electron chi connectivity index (χ3n) is 5.91. The number of carbonyl (C=O) groups is 2. The molecule has 2 amide bonds. The first kappa shape index (κ1) is 19.3. The SMILES string of the molecule is O=C(NCCC1COCCN1C(=O)c1nnc2n1CCCC2)C1CCOCC1. The number of nitrogens with zero attached hydrogens (tertiary/aromatic N) is 4. The van der Waals surface area contributed by atoms with Crippen LogP contribution >= 0.6 is 0 Å². The number of hydrogen-bond donors (Lipinski definition) is 1. The summed E-state index contributed by atoms with van der Waals surface area (Å²) in [7, 11) is 0. The maximum Gasteiger partial charge on any atom is 0.292 e. The summed E-state index contributed by atoms with van der Waals surface area (Å²) >= 11 is 0. The van der Waals surface area contributed by atoms with Crippen LogP contribution in [0.25, 0.3) is 0 Å². The number of morpholine rings is 1. The van der Waals surface area contributed by atoms with Crippen molar-refractivity contribution in [2.24, 2.45) is 5.92 Å². The molecular formula is C19H29N5O4. The van der Waals surface area contributed by atoms with Gasteiger partial charge in [-0.1, -0.05) is 0 Å². The van der Waals surface area contributed by atoms with Gasteiger partial charge in [-0.3, -0.25) is 9.59 Å². The summed E-state index contributed by atoms with van der Waals surface area (Å²) in [5, 5.41) is 11.4. The number of hydrogen-bond acceptors (Lipinski definition) is 6. The van der Waals surface area contributed by atoms with E-state index in [1.807, 2.05) is 9.47 Å².